The van der Waals surface area contributed by atoms with Gasteiger partial charge in [0, 0.05) is 11.9 Å². The van der Waals surface area contributed by atoms with Crippen LogP contribution in [0.1, 0.15) is 18.2 Å². The molecule has 0 spiro atoms. The number of aryl methyl sites for hydroxylation is 1. The Morgan fingerprint density at radius 2 is 2.00 bits per heavy atom. The number of ether oxygens (including phenoxy) is 1. The van der Waals surface area contributed by atoms with Gasteiger partial charge in [-0.25, -0.2) is 0 Å². The number of thioether (sulfide) groups is 1. The molecule has 0 atom stereocenters. The van der Waals surface area contributed by atoms with Gasteiger partial charge >= 0.3 is 6.18 Å². The van der Waals surface area contributed by atoms with Crippen LogP contribution in [0.15, 0.2) is 58.3 Å². The van der Waals surface area contributed by atoms with Crippen molar-refractivity contribution in [2.24, 2.45) is 10.1 Å². The van der Waals surface area contributed by atoms with Crippen molar-refractivity contribution in [3.8, 4) is 5.75 Å². The van der Waals surface area contributed by atoms with Gasteiger partial charge in [-0.1, -0.05) is 25.1 Å². The van der Waals surface area contributed by atoms with Crippen molar-refractivity contribution in [3.63, 3.8) is 0 Å². The van der Waals surface area contributed by atoms with E-state index in [-0.39, 0.29) is 22.5 Å². The maximum Gasteiger partial charge on any atom is 0.441 e. The number of nitrogens with zero attached hydrogens (tertiary/aromatic N) is 4. The number of aromatic nitrogens is 1. The summed E-state index contributed by atoms with van der Waals surface area (Å²) in [4.78, 5) is 16.1. The van der Waals surface area contributed by atoms with Gasteiger partial charge in [0.15, 0.2) is 5.84 Å². The Morgan fingerprint density at radius 3 is 2.75 bits per heavy atom. The van der Waals surface area contributed by atoms with Gasteiger partial charge in [-0.3, -0.25) is 10.2 Å². The van der Waals surface area contributed by atoms with Crippen molar-refractivity contribution in [2.45, 2.75) is 26.1 Å². The van der Waals surface area contributed by atoms with Gasteiger partial charge in [-0.2, -0.15) is 28.3 Å². The minimum atomic E-state index is -4.68. The lowest BCUT2D eigenvalue weighted by Crippen LogP contribution is -2.35. The zero-order valence-electron chi connectivity index (χ0n) is 16.9. The molecule has 0 aliphatic carbocycles. The summed E-state index contributed by atoms with van der Waals surface area (Å²) in [5, 5.41) is 10.9. The lowest BCUT2D eigenvalue weighted by Gasteiger charge is -2.20. The van der Waals surface area contributed by atoms with Crippen LogP contribution in [-0.2, 0) is 17.8 Å². The van der Waals surface area contributed by atoms with E-state index in [0.29, 0.717) is 18.8 Å². The van der Waals surface area contributed by atoms with E-state index < -0.39 is 23.0 Å². The quantitative estimate of drug-likeness (QED) is 0.650. The number of hydrazone groups is 1. The van der Waals surface area contributed by atoms with Crippen LogP contribution in [0.3, 0.4) is 0 Å². The number of para-hydroxylation sites is 1. The second-order valence-corrected chi connectivity index (χ2v) is 7.82. The fourth-order valence-electron chi connectivity index (χ4n) is 3.21. The Kier molecular flexibility index (Phi) is 5.92. The monoisotopic (exact) mass is 461 g/mol. The molecule has 11 heteroatoms. The molecule has 0 saturated heterocycles. The first-order chi connectivity index (χ1) is 15.3. The number of nitrogens with one attached hydrogen (secondary N) is 1. The van der Waals surface area contributed by atoms with Gasteiger partial charge < -0.3 is 9.30 Å². The van der Waals surface area contributed by atoms with Gasteiger partial charge in [0.2, 0.25) is 10.2 Å². The maximum absolute atomic E-state index is 13.0. The second kappa shape index (κ2) is 8.65. The largest absolute Gasteiger partial charge is 0.491 e. The number of rotatable bonds is 6. The van der Waals surface area contributed by atoms with Gasteiger partial charge in [-0.15, -0.1) is 0 Å². The number of aliphatic imine (C=N–C) groups is 1. The molecule has 1 amide bonds. The van der Waals surface area contributed by atoms with Crippen molar-refractivity contribution in [1.29, 1.82) is 5.41 Å². The highest BCUT2D eigenvalue weighted by Crippen LogP contribution is 2.35. The minimum Gasteiger partial charge on any atom is -0.491 e. The molecule has 32 heavy (non-hydrogen) atoms. The molecular formula is C21H18F3N5O2S. The van der Waals surface area contributed by atoms with Crippen molar-refractivity contribution < 1.29 is 22.7 Å². The molecule has 2 aliphatic heterocycles. The third kappa shape index (κ3) is 4.33. The van der Waals surface area contributed by atoms with E-state index in [0.717, 1.165) is 22.7 Å². The number of amides is 1. The van der Waals surface area contributed by atoms with Crippen molar-refractivity contribution in [3.05, 3.63) is 59.4 Å². The molecule has 4 rings (SSSR count). The van der Waals surface area contributed by atoms with E-state index >= 15 is 0 Å². The average Bonchev–Trinajstić information content (AvgIpc) is 3.38. The van der Waals surface area contributed by atoms with Gasteiger partial charge in [0.1, 0.15) is 12.4 Å². The van der Waals surface area contributed by atoms with Crippen LogP contribution in [0.25, 0.3) is 6.08 Å². The number of carbonyl (C=O) groups excluding carboxylic acids is 1. The third-order valence-electron chi connectivity index (χ3n) is 4.80. The van der Waals surface area contributed by atoms with Crippen LogP contribution >= 0.6 is 11.8 Å². The van der Waals surface area contributed by atoms with Crippen molar-refractivity contribution in [1.82, 2.24) is 9.58 Å². The zero-order valence-corrected chi connectivity index (χ0v) is 17.7. The SMILES string of the molecule is CCc1ccccc1OCCn1cccc1/C=C1/C(=N)N2N=C(C(F)(F)F)SC2=NC1=O. The van der Waals surface area contributed by atoms with Crippen LogP contribution in [0.2, 0.25) is 0 Å². The second-order valence-electron chi connectivity index (χ2n) is 6.86. The number of amidine groups is 2. The van der Waals surface area contributed by atoms with Crippen molar-refractivity contribution >= 4 is 39.8 Å². The van der Waals surface area contributed by atoms with Crippen LogP contribution < -0.4 is 4.74 Å². The fraction of sp³-hybridized carbons (Fsp3) is 0.238. The Bertz CT molecular complexity index is 1170. The standard InChI is InChI=1S/C21H18F3N5O2S/c1-2-13-6-3-4-8-16(13)31-11-10-28-9-5-7-14(28)12-15-17(25)29-20(26-18(15)30)32-19(27-29)21(22,23)24/h3-9,12,25H,2,10-11H2,1H3/b15-12-,25-17?. The summed E-state index contributed by atoms with van der Waals surface area (Å²) in [5.41, 5.74) is 1.55. The lowest BCUT2D eigenvalue weighted by molar-refractivity contribution is -0.114. The summed E-state index contributed by atoms with van der Waals surface area (Å²) < 4.78 is 46.6. The summed E-state index contributed by atoms with van der Waals surface area (Å²) >= 11 is 0.224. The average molecular weight is 461 g/mol. The predicted octanol–water partition coefficient (Wildman–Crippen LogP) is 4.31. The number of fused-ring (bicyclic) bond motifs is 1. The molecule has 1 N–H and O–H groups in total. The summed E-state index contributed by atoms with van der Waals surface area (Å²) in [5.74, 6) is -0.432. The summed E-state index contributed by atoms with van der Waals surface area (Å²) in [6.07, 6.45) is -0.616. The molecule has 2 aliphatic rings. The molecule has 0 fully saturated rings. The molecule has 7 nitrogen and oxygen atoms in total. The number of hydrogen-bond donors (Lipinski definition) is 1. The van der Waals surface area contributed by atoms with E-state index in [1.807, 2.05) is 35.8 Å². The Morgan fingerprint density at radius 1 is 1.22 bits per heavy atom. The fourth-order valence-corrected chi connectivity index (χ4v) is 3.97. The number of benzene rings is 1. The highest BCUT2D eigenvalue weighted by molar-refractivity contribution is 8.27. The lowest BCUT2D eigenvalue weighted by atomic mass is 10.1. The van der Waals surface area contributed by atoms with Crippen LogP contribution in [0, 0.1) is 5.41 Å². The molecule has 3 heterocycles. The van der Waals surface area contributed by atoms with Crippen molar-refractivity contribution in [2.75, 3.05) is 6.61 Å². The van der Waals surface area contributed by atoms with E-state index in [4.69, 9.17) is 10.1 Å². The van der Waals surface area contributed by atoms with E-state index in [1.54, 1.807) is 18.3 Å². The summed E-state index contributed by atoms with van der Waals surface area (Å²) in [6, 6.07) is 11.3. The topological polar surface area (TPSA) is 83.0 Å². The predicted molar refractivity (Wildman–Crippen MR) is 117 cm³/mol. The van der Waals surface area contributed by atoms with Gasteiger partial charge in [0.05, 0.1) is 12.1 Å². The molecule has 0 bridgehead atoms. The first-order valence-corrected chi connectivity index (χ1v) is 10.5. The Balaban J connectivity index is 1.51. The normalized spacial score (nSPS) is 17.5. The third-order valence-corrected chi connectivity index (χ3v) is 5.75. The highest BCUT2D eigenvalue weighted by atomic mass is 32.2. The number of hydrogen-bond acceptors (Lipinski definition) is 5. The molecule has 1 aromatic carbocycles. The van der Waals surface area contributed by atoms with E-state index in [2.05, 4.69) is 10.1 Å². The Hall–Kier alpha value is -3.34. The van der Waals surface area contributed by atoms with Crippen LogP contribution in [-0.4, -0.2) is 44.3 Å². The highest BCUT2D eigenvalue weighted by Gasteiger charge is 2.46. The summed E-state index contributed by atoms with van der Waals surface area (Å²) in [6.45, 7) is 2.89. The smallest absolute Gasteiger partial charge is 0.441 e. The minimum absolute atomic E-state index is 0.140. The van der Waals surface area contributed by atoms with E-state index in [9.17, 15) is 18.0 Å². The van der Waals surface area contributed by atoms with Crippen LogP contribution in [0.4, 0.5) is 13.2 Å². The molecule has 0 saturated carbocycles. The van der Waals surface area contributed by atoms with Gasteiger partial charge in [-0.05, 0) is 48.0 Å². The molecule has 0 radical (unpaired) electrons. The number of halogens is 3. The Labute approximate surface area is 185 Å². The maximum atomic E-state index is 13.0. The van der Waals surface area contributed by atoms with Gasteiger partial charge in [0.25, 0.3) is 5.91 Å². The molecule has 2 aromatic rings. The summed E-state index contributed by atoms with van der Waals surface area (Å²) in [7, 11) is 0. The molecule has 0 unspecified atom stereocenters. The number of carbonyl (C=O) groups is 1. The van der Waals surface area contributed by atoms with E-state index in [1.165, 1.54) is 6.08 Å². The first-order valence-electron chi connectivity index (χ1n) is 9.71. The molecule has 1 aromatic heterocycles. The number of alkyl halides is 3. The van der Waals surface area contributed by atoms with Crippen LogP contribution in [0.5, 0.6) is 5.75 Å². The first kappa shape index (κ1) is 21.9. The molecule has 166 valence electrons. The zero-order chi connectivity index (χ0) is 22.9. The molecular weight excluding hydrogens is 443 g/mol.